The van der Waals surface area contributed by atoms with Crippen molar-refractivity contribution in [3.05, 3.63) is 0 Å². The summed E-state index contributed by atoms with van der Waals surface area (Å²) in [4.78, 5) is 0. The van der Waals surface area contributed by atoms with E-state index in [2.05, 4.69) is 9.88 Å². The Morgan fingerprint density at radius 3 is 2.53 bits per heavy atom. The molecule has 7 nitrogen and oxygen atoms in total. The van der Waals surface area contributed by atoms with Gasteiger partial charge in [-0.05, 0) is 12.3 Å². The fraction of sp³-hybridized carbons (Fsp3) is 0.889. The van der Waals surface area contributed by atoms with Crippen molar-refractivity contribution < 1.29 is 13.6 Å². The average Bonchev–Trinajstić information content (AvgIpc) is 2.25. The Kier molecular flexibility index (Phi) is 7.09. The van der Waals surface area contributed by atoms with Crippen LogP contribution in [0, 0.1) is 5.92 Å². The van der Waals surface area contributed by atoms with E-state index in [1.54, 1.807) is 0 Å². The van der Waals surface area contributed by atoms with Gasteiger partial charge in [-0.1, -0.05) is 25.9 Å². The highest BCUT2D eigenvalue weighted by Gasteiger charge is 2.22. The molecule has 0 aromatic carbocycles. The number of nitrogens with one attached hydrogen (secondary N) is 1. The van der Waals surface area contributed by atoms with Gasteiger partial charge in [-0.2, -0.15) is 12.7 Å². The van der Waals surface area contributed by atoms with Crippen LogP contribution in [0.1, 0.15) is 27.2 Å². The first-order valence-corrected chi connectivity index (χ1v) is 6.98. The van der Waals surface area contributed by atoms with Gasteiger partial charge in [0.25, 0.3) is 10.2 Å². The van der Waals surface area contributed by atoms with Gasteiger partial charge >= 0.3 is 0 Å². The van der Waals surface area contributed by atoms with E-state index in [-0.39, 0.29) is 18.3 Å². The zero-order chi connectivity index (χ0) is 13.5. The molecule has 0 unspecified atom stereocenters. The lowest BCUT2D eigenvalue weighted by Gasteiger charge is -2.21. The van der Waals surface area contributed by atoms with Crippen LogP contribution in [-0.4, -0.2) is 43.4 Å². The van der Waals surface area contributed by atoms with Crippen molar-refractivity contribution in [3.63, 3.8) is 0 Å². The lowest BCUT2D eigenvalue weighted by molar-refractivity contribution is 0.314. The summed E-state index contributed by atoms with van der Waals surface area (Å²) < 4.78 is 27.4. The Bertz CT molecular complexity index is 340. The van der Waals surface area contributed by atoms with Crippen LogP contribution >= 0.6 is 0 Å². The second kappa shape index (κ2) is 7.46. The lowest BCUT2D eigenvalue weighted by Crippen LogP contribution is -2.46. The number of hydrogen-bond acceptors (Lipinski definition) is 4. The highest BCUT2D eigenvalue weighted by molar-refractivity contribution is 7.87. The first-order valence-electron chi connectivity index (χ1n) is 5.54. The molecule has 0 aromatic heterocycles. The molecule has 0 aliphatic carbocycles. The molecule has 0 spiro atoms. The number of hydrogen-bond donors (Lipinski definition) is 3. The molecule has 0 bridgehead atoms. The van der Waals surface area contributed by atoms with Crippen LogP contribution in [0.2, 0.25) is 0 Å². The summed E-state index contributed by atoms with van der Waals surface area (Å²) in [5.74, 6) is 0.0884. The Morgan fingerprint density at radius 1 is 1.53 bits per heavy atom. The molecule has 0 saturated carbocycles. The van der Waals surface area contributed by atoms with E-state index in [9.17, 15) is 8.42 Å². The molecule has 0 rings (SSSR count). The van der Waals surface area contributed by atoms with Gasteiger partial charge in [-0.25, -0.2) is 4.72 Å². The molecule has 0 aromatic rings. The monoisotopic (exact) mass is 266 g/mol. The number of nitrogens with zero attached hydrogens (tertiary/aromatic N) is 2. The van der Waals surface area contributed by atoms with Crippen LogP contribution in [0.5, 0.6) is 0 Å². The summed E-state index contributed by atoms with van der Waals surface area (Å²) in [5, 5.41) is 11.2. The van der Waals surface area contributed by atoms with Gasteiger partial charge in [0.1, 0.15) is 0 Å². The molecular formula is C9H22N4O3S. The Hall–Kier alpha value is -0.860. The fourth-order valence-electron chi connectivity index (χ4n) is 1.11. The smallest absolute Gasteiger partial charge is 0.279 e. The van der Waals surface area contributed by atoms with Crippen molar-refractivity contribution in [2.24, 2.45) is 16.8 Å². The summed E-state index contributed by atoms with van der Waals surface area (Å²) >= 11 is 0. The van der Waals surface area contributed by atoms with Gasteiger partial charge in [0.05, 0.1) is 6.54 Å². The molecule has 0 atom stereocenters. The van der Waals surface area contributed by atoms with E-state index in [4.69, 9.17) is 10.9 Å². The summed E-state index contributed by atoms with van der Waals surface area (Å²) in [6.07, 6.45) is 0.654. The van der Waals surface area contributed by atoms with Crippen molar-refractivity contribution >= 4 is 16.0 Å². The zero-order valence-electron chi connectivity index (χ0n) is 10.5. The molecule has 4 N–H and O–H groups in total. The van der Waals surface area contributed by atoms with E-state index in [0.29, 0.717) is 19.5 Å². The van der Waals surface area contributed by atoms with E-state index in [1.165, 1.54) is 0 Å². The first-order chi connectivity index (χ1) is 7.83. The molecule has 0 heterocycles. The van der Waals surface area contributed by atoms with Gasteiger partial charge in [0.15, 0.2) is 5.84 Å². The first kappa shape index (κ1) is 16.1. The summed E-state index contributed by atoms with van der Waals surface area (Å²) in [5.41, 5.74) is 5.32. The number of oxime groups is 1. The second-order valence-corrected chi connectivity index (χ2v) is 5.93. The van der Waals surface area contributed by atoms with E-state index < -0.39 is 10.2 Å². The molecule has 0 saturated heterocycles. The van der Waals surface area contributed by atoms with E-state index in [0.717, 1.165) is 4.31 Å². The molecule has 0 radical (unpaired) electrons. The Labute approximate surface area is 103 Å². The Morgan fingerprint density at radius 2 is 2.12 bits per heavy atom. The molecule has 0 amide bonds. The van der Waals surface area contributed by atoms with E-state index >= 15 is 0 Å². The molecule has 102 valence electrons. The third kappa shape index (κ3) is 6.44. The highest BCUT2D eigenvalue weighted by atomic mass is 32.2. The number of rotatable bonds is 8. The fourth-order valence-corrected chi connectivity index (χ4v) is 2.56. The molecule has 8 heteroatoms. The van der Waals surface area contributed by atoms with Crippen LogP contribution in [0.25, 0.3) is 0 Å². The van der Waals surface area contributed by atoms with Crippen LogP contribution in [-0.2, 0) is 10.2 Å². The predicted octanol–water partition coefficient (Wildman–Crippen LogP) is -0.0648. The molecule has 0 aliphatic rings. The van der Waals surface area contributed by atoms with Crippen LogP contribution < -0.4 is 10.5 Å². The van der Waals surface area contributed by atoms with Gasteiger partial charge in [0.2, 0.25) is 0 Å². The normalized spacial score (nSPS) is 13.6. The summed E-state index contributed by atoms with van der Waals surface area (Å²) in [6.45, 7) is 6.25. The van der Waals surface area contributed by atoms with E-state index in [1.807, 2.05) is 20.8 Å². The standard InChI is InChI=1S/C9H22N4O3S/c1-4-5-13(7-9(10)12-14)17(15,16)11-6-8(2)3/h8,11,14H,4-7H2,1-3H3,(H2,10,12). The minimum absolute atomic E-state index is 0.113. The SMILES string of the molecule is CCCN(CC(N)=NO)S(=O)(=O)NCC(C)C. The van der Waals surface area contributed by atoms with Gasteiger partial charge in [0, 0.05) is 13.1 Å². The summed E-state index contributed by atoms with van der Waals surface area (Å²) in [7, 11) is -3.57. The highest BCUT2D eigenvalue weighted by Crippen LogP contribution is 2.01. The van der Waals surface area contributed by atoms with Crippen LogP contribution in [0.15, 0.2) is 5.16 Å². The van der Waals surface area contributed by atoms with Crippen molar-refractivity contribution in [2.45, 2.75) is 27.2 Å². The quantitative estimate of drug-likeness (QED) is 0.247. The number of amidine groups is 1. The third-order valence-electron chi connectivity index (χ3n) is 1.95. The van der Waals surface area contributed by atoms with Crippen LogP contribution in [0.3, 0.4) is 0 Å². The third-order valence-corrected chi connectivity index (χ3v) is 3.48. The topological polar surface area (TPSA) is 108 Å². The summed E-state index contributed by atoms with van der Waals surface area (Å²) in [6, 6.07) is 0. The Balaban J connectivity index is 4.67. The maximum absolute atomic E-state index is 11.9. The average molecular weight is 266 g/mol. The molecule has 17 heavy (non-hydrogen) atoms. The second-order valence-electron chi connectivity index (χ2n) is 4.17. The van der Waals surface area contributed by atoms with Gasteiger partial charge in [-0.15, -0.1) is 0 Å². The molecule has 0 aliphatic heterocycles. The maximum Gasteiger partial charge on any atom is 0.279 e. The van der Waals surface area contributed by atoms with Crippen molar-refractivity contribution in [1.82, 2.24) is 9.03 Å². The van der Waals surface area contributed by atoms with Crippen molar-refractivity contribution in [3.8, 4) is 0 Å². The van der Waals surface area contributed by atoms with Crippen molar-refractivity contribution in [1.29, 1.82) is 0 Å². The van der Waals surface area contributed by atoms with Gasteiger partial charge < -0.3 is 10.9 Å². The lowest BCUT2D eigenvalue weighted by atomic mass is 10.2. The van der Waals surface area contributed by atoms with Gasteiger partial charge in [-0.3, -0.25) is 0 Å². The van der Waals surface area contributed by atoms with Crippen molar-refractivity contribution in [2.75, 3.05) is 19.6 Å². The largest absolute Gasteiger partial charge is 0.409 e. The molecule has 0 fully saturated rings. The van der Waals surface area contributed by atoms with Crippen LogP contribution in [0.4, 0.5) is 0 Å². The zero-order valence-corrected chi connectivity index (χ0v) is 11.4. The predicted molar refractivity (Wildman–Crippen MR) is 67.0 cm³/mol. The minimum Gasteiger partial charge on any atom is -0.409 e. The molecular weight excluding hydrogens is 244 g/mol. The maximum atomic E-state index is 11.9. The minimum atomic E-state index is -3.57. The number of nitrogens with two attached hydrogens (primary N) is 1.